The number of hydrogen-bond acceptors (Lipinski definition) is 4. The summed E-state index contributed by atoms with van der Waals surface area (Å²) < 4.78 is 11.5. The number of nitriles is 1. The Balaban J connectivity index is 1.38. The van der Waals surface area contributed by atoms with Crippen molar-refractivity contribution in [2.45, 2.75) is 57.1 Å². The maximum absolute atomic E-state index is 12.6. The molecule has 0 N–H and O–H groups in total. The maximum Gasteiger partial charge on any atom is 0.222 e. The number of benzene rings is 1. The average molecular weight is 342 g/mol. The van der Waals surface area contributed by atoms with Crippen LogP contribution in [-0.4, -0.2) is 42.7 Å². The van der Waals surface area contributed by atoms with Crippen molar-refractivity contribution in [3.63, 3.8) is 0 Å². The van der Waals surface area contributed by atoms with Crippen molar-refractivity contribution >= 4 is 5.91 Å². The highest BCUT2D eigenvalue weighted by Crippen LogP contribution is 2.29. The number of hydrogen-bond donors (Lipinski definition) is 0. The van der Waals surface area contributed by atoms with Gasteiger partial charge in [0.25, 0.3) is 0 Å². The summed E-state index contributed by atoms with van der Waals surface area (Å²) in [6.45, 7) is 1.97. The molecular weight excluding hydrogens is 316 g/mol. The van der Waals surface area contributed by atoms with E-state index < -0.39 is 0 Å². The smallest absolute Gasteiger partial charge is 0.222 e. The Labute approximate surface area is 149 Å². The van der Waals surface area contributed by atoms with Gasteiger partial charge in [0.15, 0.2) is 0 Å². The van der Waals surface area contributed by atoms with E-state index in [2.05, 4.69) is 11.0 Å². The van der Waals surface area contributed by atoms with Crippen molar-refractivity contribution < 1.29 is 14.3 Å². The number of nitrogens with zero attached hydrogens (tertiary/aromatic N) is 2. The fraction of sp³-hybridized carbons (Fsp3) is 0.600. The second kappa shape index (κ2) is 8.87. The molecule has 5 heteroatoms. The normalized spacial score (nSPS) is 22.8. The summed E-state index contributed by atoms with van der Waals surface area (Å²) in [5.41, 5.74) is 0.599. The number of fused-ring (bicyclic) bond motifs is 1. The number of rotatable bonds is 6. The highest BCUT2D eigenvalue weighted by Gasteiger charge is 2.36. The van der Waals surface area contributed by atoms with Gasteiger partial charge in [-0.15, -0.1) is 0 Å². The fourth-order valence-corrected chi connectivity index (χ4v) is 3.77. The lowest BCUT2D eigenvalue weighted by atomic mass is 9.90. The molecule has 1 amide bonds. The van der Waals surface area contributed by atoms with Crippen LogP contribution in [0.4, 0.5) is 0 Å². The van der Waals surface area contributed by atoms with Gasteiger partial charge < -0.3 is 14.4 Å². The number of carbonyl (C=O) groups excluding carboxylic acids is 1. The third-order valence-electron chi connectivity index (χ3n) is 5.07. The van der Waals surface area contributed by atoms with Gasteiger partial charge in [0.1, 0.15) is 5.75 Å². The minimum absolute atomic E-state index is 0.252. The van der Waals surface area contributed by atoms with Crippen molar-refractivity contribution in [3.05, 3.63) is 29.8 Å². The Morgan fingerprint density at radius 3 is 3.08 bits per heavy atom. The van der Waals surface area contributed by atoms with Crippen LogP contribution in [0.3, 0.4) is 0 Å². The Bertz CT molecular complexity index is 624. The third kappa shape index (κ3) is 4.73. The summed E-state index contributed by atoms with van der Waals surface area (Å²) in [7, 11) is 0. The van der Waals surface area contributed by atoms with Gasteiger partial charge in [0.2, 0.25) is 5.91 Å². The quantitative estimate of drug-likeness (QED) is 0.744. The zero-order chi connectivity index (χ0) is 17.5. The van der Waals surface area contributed by atoms with Gasteiger partial charge in [0, 0.05) is 13.0 Å². The molecule has 0 bridgehead atoms. The lowest BCUT2D eigenvalue weighted by Gasteiger charge is -2.43. The van der Waals surface area contributed by atoms with Crippen LogP contribution in [0, 0.1) is 11.3 Å². The molecule has 0 radical (unpaired) electrons. The maximum atomic E-state index is 12.6. The summed E-state index contributed by atoms with van der Waals surface area (Å²) >= 11 is 0. The van der Waals surface area contributed by atoms with Crippen molar-refractivity contribution in [1.29, 1.82) is 5.26 Å². The van der Waals surface area contributed by atoms with Gasteiger partial charge in [-0.05, 0) is 43.9 Å². The van der Waals surface area contributed by atoms with Gasteiger partial charge >= 0.3 is 0 Å². The van der Waals surface area contributed by atoms with Crippen LogP contribution in [0.1, 0.15) is 50.5 Å². The summed E-state index contributed by atoms with van der Waals surface area (Å²) in [5.74, 6) is 0.968. The molecule has 1 aliphatic carbocycles. The molecule has 1 aliphatic heterocycles. The minimum Gasteiger partial charge on any atom is -0.494 e. The highest BCUT2D eigenvalue weighted by atomic mass is 16.5. The van der Waals surface area contributed by atoms with Crippen molar-refractivity contribution in [3.8, 4) is 11.8 Å². The van der Waals surface area contributed by atoms with E-state index in [0.717, 1.165) is 32.2 Å². The number of amides is 1. The van der Waals surface area contributed by atoms with Crippen LogP contribution in [0.15, 0.2) is 24.3 Å². The van der Waals surface area contributed by atoms with Crippen LogP contribution >= 0.6 is 0 Å². The van der Waals surface area contributed by atoms with E-state index in [4.69, 9.17) is 14.7 Å². The first-order valence-corrected chi connectivity index (χ1v) is 9.32. The average Bonchev–Trinajstić information content (AvgIpc) is 2.67. The summed E-state index contributed by atoms with van der Waals surface area (Å²) in [4.78, 5) is 14.6. The number of morpholine rings is 1. The van der Waals surface area contributed by atoms with E-state index in [1.165, 1.54) is 12.8 Å². The van der Waals surface area contributed by atoms with Crippen molar-refractivity contribution in [2.24, 2.45) is 0 Å². The third-order valence-corrected chi connectivity index (χ3v) is 5.07. The SMILES string of the molecule is N#Cc1cccc(OCCCCC(=O)N2CCO[C@H]3CCCC[C@H]32)c1. The largest absolute Gasteiger partial charge is 0.494 e. The summed E-state index contributed by atoms with van der Waals surface area (Å²) in [6.07, 6.45) is 7.07. The van der Waals surface area contributed by atoms with Crippen LogP contribution in [0.25, 0.3) is 0 Å². The van der Waals surface area contributed by atoms with E-state index >= 15 is 0 Å². The lowest BCUT2D eigenvalue weighted by Crippen LogP contribution is -2.54. The monoisotopic (exact) mass is 342 g/mol. The van der Waals surface area contributed by atoms with Gasteiger partial charge in [0.05, 0.1) is 37.0 Å². The van der Waals surface area contributed by atoms with Crippen molar-refractivity contribution in [2.75, 3.05) is 19.8 Å². The first-order valence-electron chi connectivity index (χ1n) is 9.32. The molecule has 1 aromatic rings. The van der Waals surface area contributed by atoms with Crippen LogP contribution in [0.2, 0.25) is 0 Å². The fourth-order valence-electron chi connectivity index (χ4n) is 3.77. The predicted molar refractivity (Wildman–Crippen MR) is 94.2 cm³/mol. The van der Waals surface area contributed by atoms with E-state index in [9.17, 15) is 4.79 Å². The molecule has 2 aliphatic rings. The molecule has 3 rings (SSSR count). The Kier molecular flexibility index (Phi) is 6.30. The summed E-state index contributed by atoms with van der Waals surface area (Å²) in [5, 5.41) is 8.88. The Hall–Kier alpha value is -2.06. The molecule has 2 atom stereocenters. The second-order valence-corrected chi connectivity index (χ2v) is 6.79. The van der Waals surface area contributed by atoms with Gasteiger partial charge in [-0.1, -0.05) is 18.9 Å². The van der Waals surface area contributed by atoms with E-state index in [1.54, 1.807) is 12.1 Å². The molecular formula is C20H26N2O3. The molecule has 1 saturated carbocycles. The molecule has 1 saturated heterocycles. The zero-order valence-electron chi connectivity index (χ0n) is 14.7. The minimum atomic E-state index is 0.252. The first-order chi connectivity index (χ1) is 12.3. The number of carbonyl (C=O) groups is 1. The zero-order valence-corrected chi connectivity index (χ0v) is 14.7. The molecule has 0 unspecified atom stereocenters. The van der Waals surface area contributed by atoms with E-state index in [1.807, 2.05) is 12.1 Å². The van der Waals surface area contributed by atoms with Gasteiger partial charge in [-0.25, -0.2) is 0 Å². The molecule has 0 aromatic heterocycles. The van der Waals surface area contributed by atoms with E-state index in [-0.39, 0.29) is 12.0 Å². The predicted octanol–water partition coefficient (Wildman–Crippen LogP) is 3.28. The first kappa shape index (κ1) is 17.8. The molecule has 2 fully saturated rings. The van der Waals surface area contributed by atoms with Crippen molar-refractivity contribution in [1.82, 2.24) is 4.90 Å². The van der Waals surface area contributed by atoms with Gasteiger partial charge in [-0.2, -0.15) is 5.26 Å². The molecule has 25 heavy (non-hydrogen) atoms. The highest BCUT2D eigenvalue weighted by molar-refractivity contribution is 5.76. The van der Waals surface area contributed by atoms with E-state index in [0.29, 0.717) is 37.0 Å². The van der Waals surface area contributed by atoms with Crippen LogP contribution in [-0.2, 0) is 9.53 Å². The topological polar surface area (TPSA) is 62.6 Å². The van der Waals surface area contributed by atoms with Crippen LogP contribution < -0.4 is 4.74 Å². The molecule has 1 aromatic carbocycles. The van der Waals surface area contributed by atoms with Gasteiger partial charge in [-0.3, -0.25) is 4.79 Å². The number of ether oxygens (including phenoxy) is 2. The molecule has 0 spiro atoms. The Morgan fingerprint density at radius 1 is 1.32 bits per heavy atom. The molecule has 5 nitrogen and oxygen atoms in total. The lowest BCUT2D eigenvalue weighted by molar-refractivity contribution is -0.149. The molecule has 134 valence electrons. The summed E-state index contributed by atoms with van der Waals surface area (Å²) in [6, 6.07) is 9.55. The Morgan fingerprint density at radius 2 is 2.20 bits per heavy atom. The standard InChI is InChI=1S/C20H26N2O3/c21-15-16-6-5-7-17(14-16)24-12-4-3-10-20(23)22-11-13-25-19-9-2-1-8-18(19)22/h5-7,14,18-19H,1-4,8-13H2/t18-,19+/m1/s1. The second-order valence-electron chi connectivity index (χ2n) is 6.79. The van der Waals surface area contributed by atoms with Crippen LogP contribution in [0.5, 0.6) is 5.75 Å². The molecule has 1 heterocycles. The number of unbranched alkanes of at least 4 members (excludes halogenated alkanes) is 1.